The first-order valence-corrected chi connectivity index (χ1v) is 9.94. The fourth-order valence-electron chi connectivity index (χ4n) is 2.67. The lowest BCUT2D eigenvalue weighted by atomic mass is 10.1. The summed E-state index contributed by atoms with van der Waals surface area (Å²) < 4.78 is 28.6. The molecule has 31 heavy (non-hydrogen) atoms. The van der Waals surface area contributed by atoms with Crippen molar-refractivity contribution in [2.45, 2.75) is 23.3 Å². The zero-order valence-electron chi connectivity index (χ0n) is 16.3. The number of ketones is 1. The second-order valence-electron chi connectivity index (χ2n) is 6.50. The normalized spacial score (nSPS) is 11.1. The molecule has 0 N–H and O–H groups in total. The van der Waals surface area contributed by atoms with E-state index in [1.54, 1.807) is 12.1 Å². The van der Waals surface area contributed by atoms with Gasteiger partial charge in [0.15, 0.2) is 5.78 Å². The minimum absolute atomic E-state index is 0.0483. The van der Waals surface area contributed by atoms with Gasteiger partial charge in [-0.05, 0) is 61.0 Å². The molecule has 0 spiro atoms. The predicted octanol–water partition coefficient (Wildman–Crippen LogP) is 6.55. The molecule has 0 radical (unpaired) electrons. The molecule has 0 bridgehead atoms. The summed E-state index contributed by atoms with van der Waals surface area (Å²) in [5.41, 5.74) is 1.80. The van der Waals surface area contributed by atoms with Gasteiger partial charge >= 0.3 is 6.61 Å². The molecule has 0 aliphatic rings. The lowest BCUT2D eigenvalue weighted by molar-refractivity contribution is -0.387. The molecule has 0 aromatic heterocycles. The van der Waals surface area contributed by atoms with Gasteiger partial charge in [0.25, 0.3) is 5.69 Å². The average Bonchev–Trinajstić information content (AvgIpc) is 2.74. The summed E-state index contributed by atoms with van der Waals surface area (Å²) in [6.45, 7) is -0.977. The molecular weight excluding hydrogens is 424 g/mol. The van der Waals surface area contributed by atoms with Crippen LogP contribution in [-0.4, -0.2) is 17.3 Å². The van der Waals surface area contributed by atoms with Crippen molar-refractivity contribution in [3.05, 3.63) is 99.6 Å². The number of carbonyl (C=O) groups is 1. The molecule has 0 saturated carbocycles. The molecule has 0 saturated heterocycles. The van der Waals surface area contributed by atoms with E-state index in [0.717, 1.165) is 10.5 Å². The van der Waals surface area contributed by atoms with E-state index < -0.39 is 11.5 Å². The SMILES string of the molecule is Cc1ccc(Sc2ccc(/C=C/C(=O)c3ccc(OC(F)F)cc3)cc2[N+](=O)[O-])cc1. The minimum atomic E-state index is -2.94. The second-order valence-corrected chi connectivity index (χ2v) is 7.62. The molecule has 3 aromatic rings. The van der Waals surface area contributed by atoms with E-state index in [4.69, 9.17) is 0 Å². The number of ether oxygens (including phenoxy) is 1. The number of benzene rings is 3. The van der Waals surface area contributed by atoms with Gasteiger partial charge in [-0.15, -0.1) is 0 Å². The van der Waals surface area contributed by atoms with Gasteiger partial charge in [0, 0.05) is 16.5 Å². The van der Waals surface area contributed by atoms with Crippen LogP contribution in [0.15, 0.2) is 82.6 Å². The van der Waals surface area contributed by atoms with Crippen LogP contribution in [0.25, 0.3) is 6.08 Å². The van der Waals surface area contributed by atoms with Gasteiger partial charge in [0.2, 0.25) is 0 Å². The van der Waals surface area contributed by atoms with E-state index in [2.05, 4.69) is 4.74 Å². The van der Waals surface area contributed by atoms with Crippen LogP contribution in [0.2, 0.25) is 0 Å². The quantitative estimate of drug-likeness (QED) is 0.172. The van der Waals surface area contributed by atoms with Crippen molar-refractivity contribution in [3.8, 4) is 5.75 Å². The molecule has 8 heteroatoms. The summed E-state index contributed by atoms with van der Waals surface area (Å²) in [5.74, 6) is -0.419. The highest BCUT2D eigenvalue weighted by atomic mass is 32.2. The predicted molar refractivity (Wildman–Crippen MR) is 115 cm³/mol. The zero-order chi connectivity index (χ0) is 22.4. The van der Waals surface area contributed by atoms with Crippen molar-refractivity contribution in [3.63, 3.8) is 0 Å². The van der Waals surface area contributed by atoms with E-state index in [1.807, 2.05) is 31.2 Å². The highest BCUT2D eigenvalue weighted by molar-refractivity contribution is 7.99. The van der Waals surface area contributed by atoms with Crippen LogP contribution in [0.4, 0.5) is 14.5 Å². The van der Waals surface area contributed by atoms with E-state index in [1.165, 1.54) is 54.2 Å². The maximum atomic E-state index is 12.3. The monoisotopic (exact) mass is 441 g/mol. The maximum absolute atomic E-state index is 12.3. The van der Waals surface area contributed by atoms with Crippen LogP contribution in [0.5, 0.6) is 5.75 Å². The number of hydrogen-bond acceptors (Lipinski definition) is 5. The third-order valence-corrected chi connectivity index (χ3v) is 5.29. The minimum Gasteiger partial charge on any atom is -0.435 e. The molecule has 0 unspecified atom stereocenters. The number of nitro benzene ring substituents is 1. The summed E-state index contributed by atoms with van der Waals surface area (Å²) in [4.78, 5) is 24.7. The number of nitro groups is 1. The Hall–Kier alpha value is -3.52. The lowest BCUT2D eigenvalue weighted by Gasteiger charge is -2.05. The zero-order valence-corrected chi connectivity index (χ0v) is 17.1. The van der Waals surface area contributed by atoms with Crippen LogP contribution < -0.4 is 4.74 Å². The van der Waals surface area contributed by atoms with Gasteiger partial charge < -0.3 is 4.74 Å². The largest absolute Gasteiger partial charge is 0.435 e. The Morgan fingerprint density at radius 3 is 2.35 bits per heavy atom. The Morgan fingerprint density at radius 1 is 1.06 bits per heavy atom. The topological polar surface area (TPSA) is 69.4 Å². The van der Waals surface area contributed by atoms with E-state index in [0.29, 0.717) is 10.5 Å². The molecule has 3 rings (SSSR count). The molecule has 0 amide bonds. The van der Waals surface area contributed by atoms with E-state index in [-0.39, 0.29) is 22.8 Å². The Morgan fingerprint density at radius 2 is 1.74 bits per heavy atom. The average molecular weight is 441 g/mol. The van der Waals surface area contributed by atoms with Crippen LogP contribution in [-0.2, 0) is 0 Å². The standard InChI is InChI=1S/C23H17F2NO4S/c1-15-2-10-19(11-3-15)31-22-13-5-16(14-20(22)26(28)29)4-12-21(27)17-6-8-18(9-7-17)30-23(24)25/h2-14,23H,1H3/b12-4+. The van der Waals surface area contributed by atoms with Gasteiger partial charge in [0.05, 0.1) is 9.82 Å². The number of hydrogen-bond donors (Lipinski definition) is 0. The van der Waals surface area contributed by atoms with E-state index >= 15 is 0 Å². The summed E-state index contributed by atoms with van der Waals surface area (Å²) in [7, 11) is 0. The number of allylic oxidation sites excluding steroid dienone is 1. The maximum Gasteiger partial charge on any atom is 0.387 e. The summed E-state index contributed by atoms with van der Waals surface area (Å²) in [6, 6.07) is 17.7. The molecule has 3 aromatic carbocycles. The number of aryl methyl sites for hydroxylation is 1. The summed E-state index contributed by atoms with van der Waals surface area (Å²) >= 11 is 1.29. The van der Waals surface area contributed by atoms with Crippen LogP contribution >= 0.6 is 11.8 Å². The smallest absolute Gasteiger partial charge is 0.387 e. The van der Waals surface area contributed by atoms with Gasteiger partial charge in [0.1, 0.15) is 5.75 Å². The number of nitrogens with zero attached hydrogens (tertiary/aromatic N) is 1. The van der Waals surface area contributed by atoms with Gasteiger partial charge in [-0.1, -0.05) is 41.6 Å². The molecule has 0 fully saturated rings. The lowest BCUT2D eigenvalue weighted by Crippen LogP contribution is -2.02. The first-order chi connectivity index (χ1) is 14.8. The van der Waals surface area contributed by atoms with E-state index in [9.17, 15) is 23.7 Å². The van der Waals surface area contributed by atoms with Crippen molar-refractivity contribution >= 4 is 29.3 Å². The first-order valence-electron chi connectivity index (χ1n) is 9.12. The number of halogens is 2. The summed E-state index contributed by atoms with van der Waals surface area (Å²) in [6.07, 6.45) is 2.74. The van der Waals surface area contributed by atoms with Crippen LogP contribution in [0, 0.1) is 17.0 Å². The molecule has 0 aliphatic carbocycles. The molecule has 0 atom stereocenters. The number of rotatable bonds is 8. The second kappa shape index (κ2) is 9.99. The van der Waals surface area contributed by atoms with Crippen molar-refractivity contribution in [2.75, 3.05) is 0 Å². The highest BCUT2D eigenvalue weighted by Gasteiger charge is 2.15. The Bertz CT molecular complexity index is 1110. The first kappa shape index (κ1) is 22.2. The van der Waals surface area contributed by atoms with Gasteiger partial charge in [-0.25, -0.2) is 0 Å². The third-order valence-electron chi connectivity index (χ3n) is 4.22. The molecule has 0 aliphatic heterocycles. The van der Waals surface area contributed by atoms with Crippen molar-refractivity contribution in [2.24, 2.45) is 0 Å². The van der Waals surface area contributed by atoms with Crippen molar-refractivity contribution < 1.29 is 23.2 Å². The van der Waals surface area contributed by atoms with Gasteiger partial charge in [-0.3, -0.25) is 14.9 Å². The van der Waals surface area contributed by atoms with Crippen molar-refractivity contribution in [1.29, 1.82) is 0 Å². The highest BCUT2D eigenvalue weighted by Crippen LogP contribution is 2.35. The van der Waals surface area contributed by atoms with Crippen molar-refractivity contribution in [1.82, 2.24) is 0 Å². The summed E-state index contributed by atoms with van der Waals surface area (Å²) in [5, 5.41) is 11.5. The van der Waals surface area contributed by atoms with Gasteiger partial charge in [-0.2, -0.15) is 8.78 Å². The molecular formula is C23H17F2NO4S. The fraction of sp³-hybridized carbons (Fsp3) is 0.0870. The Balaban J connectivity index is 1.75. The Labute approximate surface area is 181 Å². The number of carbonyl (C=O) groups excluding carboxylic acids is 1. The number of alkyl halides is 2. The molecule has 158 valence electrons. The molecule has 5 nitrogen and oxygen atoms in total. The van der Waals surface area contributed by atoms with Crippen LogP contribution in [0.3, 0.4) is 0 Å². The third kappa shape index (κ3) is 6.23. The Kier molecular flexibility index (Phi) is 7.15. The van der Waals surface area contributed by atoms with Crippen LogP contribution in [0.1, 0.15) is 21.5 Å². The molecule has 0 heterocycles. The fourth-order valence-corrected chi connectivity index (χ4v) is 3.57.